The number of esters is 1. The standard InChI is InChI=1S/C15H20ClN3O5/c1-15(2,3)24-13(20)7-5-11(17)14(21)18-12-6-4-9(19(22)23)8-10(12)16/h4,6,8,11H,5,7,17H2,1-3H3,(H,18,21). The number of ether oxygens (including phenoxy) is 1. The van der Waals surface area contributed by atoms with Crippen LogP contribution in [0.5, 0.6) is 0 Å². The molecule has 0 fully saturated rings. The quantitative estimate of drug-likeness (QED) is 0.458. The number of nitrogens with zero attached hydrogens (tertiary/aromatic N) is 1. The van der Waals surface area contributed by atoms with Crippen molar-refractivity contribution in [3.63, 3.8) is 0 Å². The van der Waals surface area contributed by atoms with Gasteiger partial charge in [-0.15, -0.1) is 0 Å². The number of nitrogens with one attached hydrogen (secondary N) is 1. The van der Waals surface area contributed by atoms with Gasteiger partial charge in [0, 0.05) is 18.6 Å². The Morgan fingerprint density at radius 3 is 2.54 bits per heavy atom. The predicted molar refractivity (Wildman–Crippen MR) is 89.8 cm³/mol. The summed E-state index contributed by atoms with van der Waals surface area (Å²) in [6, 6.07) is 2.72. The Labute approximate surface area is 144 Å². The van der Waals surface area contributed by atoms with Gasteiger partial charge in [0.25, 0.3) is 5.69 Å². The zero-order valence-electron chi connectivity index (χ0n) is 13.7. The highest BCUT2D eigenvalue weighted by atomic mass is 35.5. The maximum absolute atomic E-state index is 12.0. The molecule has 0 spiro atoms. The summed E-state index contributed by atoms with van der Waals surface area (Å²) in [6.07, 6.45) is 0.102. The van der Waals surface area contributed by atoms with E-state index in [1.165, 1.54) is 12.1 Å². The average Bonchev–Trinajstić information content (AvgIpc) is 2.44. The van der Waals surface area contributed by atoms with Gasteiger partial charge in [0.15, 0.2) is 0 Å². The minimum atomic E-state index is -0.941. The van der Waals surface area contributed by atoms with E-state index in [1.807, 2.05) is 0 Å². The summed E-state index contributed by atoms with van der Waals surface area (Å²) in [6.45, 7) is 5.23. The molecule has 0 radical (unpaired) electrons. The number of nitrogens with two attached hydrogens (primary N) is 1. The molecule has 0 saturated heterocycles. The first-order valence-corrected chi connectivity index (χ1v) is 7.59. The summed E-state index contributed by atoms with van der Waals surface area (Å²) in [5.41, 5.74) is 5.15. The molecule has 0 saturated carbocycles. The fraction of sp³-hybridized carbons (Fsp3) is 0.467. The summed E-state index contributed by atoms with van der Waals surface area (Å²) < 4.78 is 5.13. The Bertz CT molecular complexity index is 642. The van der Waals surface area contributed by atoms with Gasteiger partial charge in [-0.05, 0) is 33.3 Å². The van der Waals surface area contributed by atoms with Gasteiger partial charge < -0.3 is 15.8 Å². The second-order valence-electron chi connectivity index (χ2n) is 6.14. The lowest BCUT2D eigenvalue weighted by Gasteiger charge is -2.20. The van der Waals surface area contributed by atoms with E-state index in [9.17, 15) is 19.7 Å². The van der Waals surface area contributed by atoms with Gasteiger partial charge in [0.1, 0.15) is 5.60 Å². The largest absolute Gasteiger partial charge is 0.460 e. The van der Waals surface area contributed by atoms with Crippen molar-refractivity contribution in [2.45, 2.75) is 45.3 Å². The van der Waals surface area contributed by atoms with Crippen molar-refractivity contribution < 1.29 is 19.2 Å². The Morgan fingerprint density at radius 2 is 2.04 bits per heavy atom. The summed E-state index contributed by atoms with van der Waals surface area (Å²) in [7, 11) is 0. The molecule has 0 aliphatic carbocycles. The molecule has 9 heteroatoms. The molecule has 1 atom stereocenters. The van der Waals surface area contributed by atoms with E-state index in [2.05, 4.69) is 5.32 Å². The topological polar surface area (TPSA) is 125 Å². The third-order valence-electron chi connectivity index (χ3n) is 2.84. The smallest absolute Gasteiger partial charge is 0.306 e. The van der Waals surface area contributed by atoms with Crippen LogP contribution in [-0.4, -0.2) is 28.4 Å². The maximum atomic E-state index is 12.0. The van der Waals surface area contributed by atoms with Crippen LogP contribution in [0.2, 0.25) is 5.02 Å². The van der Waals surface area contributed by atoms with Crippen LogP contribution in [0.1, 0.15) is 33.6 Å². The average molecular weight is 358 g/mol. The van der Waals surface area contributed by atoms with Gasteiger partial charge in [-0.2, -0.15) is 0 Å². The number of nitro groups is 1. The number of halogens is 1. The van der Waals surface area contributed by atoms with Crippen molar-refractivity contribution in [3.8, 4) is 0 Å². The highest BCUT2D eigenvalue weighted by Crippen LogP contribution is 2.26. The van der Waals surface area contributed by atoms with Gasteiger partial charge in [-0.3, -0.25) is 19.7 Å². The number of non-ortho nitro benzene ring substituents is 1. The zero-order valence-corrected chi connectivity index (χ0v) is 14.4. The molecule has 1 aromatic carbocycles. The van der Waals surface area contributed by atoms with E-state index in [4.69, 9.17) is 22.1 Å². The molecule has 0 aromatic heterocycles. The van der Waals surface area contributed by atoms with E-state index < -0.39 is 28.4 Å². The highest BCUT2D eigenvalue weighted by molar-refractivity contribution is 6.34. The lowest BCUT2D eigenvalue weighted by Crippen LogP contribution is -2.36. The molecule has 132 valence electrons. The molecule has 8 nitrogen and oxygen atoms in total. The molecule has 3 N–H and O–H groups in total. The van der Waals surface area contributed by atoms with Crippen LogP contribution in [-0.2, 0) is 14.3 Å². The van der Waals surface area contributed by atoms with Crippen LogP contribution >= 0.6 is 11.6 Å². The molecular formula is C15H20ClN3O5. The molecule has 1 rings (SSSR count). The maximum Gasteiger partial charge on any atom is 0.306 e. The van der Waals surface area contributed by atoms with Crippen molar-refractivity contribution in [1.82, 2.24) is 0 Å². The minimum absolute atomic E-state index is 0.000149. The van der Waals surface area contributed by atoms with Crippen LogP contribution < -0.4 is 11.1 Å². The number of benzene rings is 1. The van der Waals surface area contributed by atoms with Crippen LogP contribution in [0.25, 0.3) is 0 Å². The number of anilines is 1. The Morgan fingerprint density at radius 1 is 1.42 bits per heavy atom. The van der Waals surface area contributed by atoms with E-state index in [0.29, 0.717) is 0 Å². The third kappa shape index (κ3) is 6.51. The van der Waals surface area contributed by atoms with Crippen molar-refractivity contribution in [1.29, 1.82) is 0 Å². The molecule has 0 bridgehead atoms. The molecule has 0 aliphatic heterocycles. The first-order valence-electron chi connectivity index (χ1n) is 7.22. The van der Waals surface area contributed by atoms with E-state index in [0.717, 1.165) is 6.07 Å². The Kier molecular flexibility index (Phi) is 6.68. The summed E-state index contributed by atoms with van der Waals surface area (Å²) in [5.74, 6) is -0.992. The van der Waals surface area contributed by atoms with Crippen LogP contribution in [0.3, 0.4) is 0 Å². The number of hydrogen-bond acceptors (Lipinski definition) is 6. The molecule has 1 unspecified atom stereocenters. The SMILES string of the molecule is CC(C)(C)OC(=O)CCC(N)C(=O)Nc1ccc([N+](=O)[O-])cc1Cl. The molecule has 0 heterocycles. The number of hydrogen-bond donors (Lipinski definition) is 2. The normalized spacial score (nSPS) is 12.4. The van der Waals surface area contributed by atoms with Crippen molar-refractivity contribution >= 4 is 34.9 Å². The van der Waals surface area contributed by atoms with Crippen LogP contribution in [0, 0.1) is 10.1 Å². The van der Waals surface area contributed by atoms with Crippen LogP contribution in [0.4, 0.5) is 11.4 Å². The first kappa shape index (κ1) is 19.9. The third-order valence-corrected chi connectivity index (χ3v) is 3.15. The lowest BCUT2D eigenvalue weighted by atomic mass is 10.1. The van der Waals surface area contributed by atoms with Crippen molar-refractivity contribution in [2.75, 3.05) is 5.32 Å². The van der Waals surface area contributed by atoms with Gasteiger partial charge in [-0.1, -0.05) is 11.6 Å². The number of carbonyl (C=O) groups excluding carboxylic acids is 2. The number of nitro benzene ring substituents is 1. The summed E-state index contributed by atoms with van der Waals surface area (Å²) in [5, 5.41) is 13.1. The number of amides is 1. The molecular weight excluding hydrogens is 338 g/mol. The van der Waals surface area contributed by atoms with Gasteiger partial charge in [-0.25, -0.2) is 0 Å². The van der Waals surface area contributed by atoms with E-state index in [1.54, 1.807) is 20.8 Å². The van der Waals surface area contributed by atoms with Gasteiger partial charge >= 0.3 is 5.97 Å². The van der Waals surface area contributed by atoms with E-state index in [-0.39, 0.29) is 29.2 Å². The van der Waals surface area contributed by atoms with Crippen LogP contribution in [0.15, 0.2) is 18.2 Å². The second kappa shape index (κ2) is 8.07. The van der Waals surface area contributed by atoms with Gasteiger partial charge in [0.05, 0.1) is 21.7 Å². The van der Waals surface area contributed by atoms with Crippen molar-refractivity contribution in [2.24, 2.45) is 5.73 Å². The summed E-state index contributed by atoms with van der Waals surface area (Å²) >= 11 is 5.89. The van der Waals surface area contributed by atoms with Gasteiger partial charge in [0.2, 0.25) is 5.91 Å². The molecule has 24 heavy (non-hydrogen) atoms. The number of rotatable bonds is 6. The zero-order chi connectivity index (χ0) is 18.5. The monoisotopic (exact) mass is 357 g/mol. The highest BCUT2D eigenvalue weighted by Gasteiger charge is 2.20. The molecule has 1 aromatic rings. The second-order valence-corrected chi connectivity index (χ2v) is 6.55. The minimum Gasteiger partial charge on any atom is -0.460 e. The Hall–Kier alpha value is -2.19. The van der Waals surface area contributed by atoms with E-state index >= 15 is 0 Å². The van der Waals surface area contributed by atoms with Crippen molar-refractivity contribution in [3.05, 3.63) is 33.3 Å². The predicted octanol–water partition coefficient (Wildman–Crippen LogP) is 2.64. The fourth-order valence-electron chi connectivity index (χ4n) is 1.74. The summed E-state index contributed by atoms with van der Waals surface area (Å²) in [4.78, 5) is 33.7. The fourth-order valence-corrected chi connectivity index (χ4v) is 1.96. The Balaban J connectivity index is 2.58. The number of carbonyl (C=O) groups is 2. The molecule has 1 amide bonds. The molecule has 0 aliphatic rings. The lowest BCUT2D eigenvalue weighted by molar-refractivity contribution is -0.384. The first-order chi connectivity index (χ1) is 11.0.